The molecule has 1 fully saturated rings. The van der Waals surface area contributed by atoms with Crippen LogP contribution in [0.1, 0.15) is 33.1 Å². The Hall–Kier alpha value is -0.990. The van der Waals surface area contributed by atoms with Crippen molar-refractivity contribution >= 4 is 5.95 Å². The highest BCUT2D eigenvalue weighted by atomic mass is 15.1. The van der Waals surface area contributed by atoms with Gasteiger partial charge in [0.15, 0.2) is 5.95 Å². The first kappa shape index (κ1) is 9.56. The summed E-state index contributed by atoms with van der Waals surface area (Å²) in [7, 11) is 0. The molecule has 0 radical (unpaired) electrons. The van der Waals surface area contributed by atoms with Crippen molar-refractivity contribution in [2.24, 2.45) is 11.8 Å². The highest BCUT2D eigenvalue weighted by molar-refractivity contribution is 5.25. The molecule has 3 unspecified atom stereocenters. The molecule has 1 heterocycles. The van der Waals surface area contributed by atoms with Crippen molar-refractivity contribution in [3.63, 3.8) is 0 Å². The van der Waals surface area contributed by atoms with Crippen LogP contribution >= 0.6 is 0 Å². The smallest absolute Gasteiger partial charge is 0.200 e. The summed E-state index contributed by atoms with van der Waals surface area (Å²) in [6, 6.07) is 0.603. The minimum Gasteiger partial charge on any atom is -0.353 e. The molecular weight excluding hydrogens is 174 g/mol. The normalized spacial score (nSPS) is 32.0. The van der Waals surface area contributed by atoms with Gasteiger partial charge in [0.25, 0.3) is 0 Å². The summed E-state index contributed by atoms with van der Waals surface area (Å²) >= 11 is 0. The number of aromatic nitrogens is 2. The van der Waals surface area contributed by atoms with Crippen LogP contribution in [-0.4, -0.2) is 16.0 Å². The van der Waals surface area contributed by atoms with Gasteiger partial charge in [-0.1, -0.05) is 20.3 Å². The second kappa shape index (κ2) is 4.03. The number of nitrogens with zero attached hydrogens (tertiary/aromatic N) is 1. The van der Waals surface area contributed by atoms with Gasteiger partial charge in [0, 0.05) is 18.4 Å². The van der Waals surface area contributed by atoms with Crippen molar-refractivity contribution in [1.82, 2.24) is 9.97 Å². The number of hydrogen-bond donors (Lipinski definition) is 2. The van der Waals surface area contributed by atoms with Crippen molar-refractivity contribution in [2.75, 3.05) is 5.32 Å². The first-order valence-corrected chi connectivity index (χ1v) is 5.57. The predicted molar refractivity (Wildman–Crippen MR) is 58.2 cm³/mol. The zero-order valence-corrected chi connectivity index (χ0v) is 8.96. The van der Waals surface area contributed by atoms with Crippen LogP contribution in [0.15, 0.2) is 12.4 Å². The monoisotopic (exact) mass is 193 g/mol. The number of anilines is 1. The average molecular weight is 193 g/mol. The third-order valence-corrected chi connectivity index (χ3v) is 3.57. The minimum absolute atomic E-state index is 0.603. The second-order valence-electron chi connectivity index (χ2n) is 4.29. The number of imidazole rings is 1. The van der Waals surface area contributed by atoms with E-state index in [0.717, 1.165) is 17.8 Å². The maximum atomic E-state index is 4.20. The van der Waals surface area contributed by atoms with Crippen LogP contribution in [-0.2, 0) is 0 Å². The molecule has 0 saturated heterocycles. The van der Waals surface area contributed by atoms with Crippen LogP contribution in [0.25, 0.3) is 0 Å². The van der Waals surface area contributed by atoms with Gasteiger partial charge in [-0.15, -0.1) is 0 Å². The Labute approximate surface area is 85.3 Å². The van der Waals surface area contributed by atoms with Gasteiger partial charge >= 0.3 is 0 Å². The Morgan fingerprint density at radius 2 is 2.43 bits per heavy atom. The van der Waals surface area contributed by atoms with Crippen LogP contribution < -0.4 is 5.32 Å². The van der Waals surface area contributed by atoms with Gasteiger partial charge in [-0.05, 0) is 24.7 Å². The van der Waals surface area contributed by atoms with Crippen LogP contribution in [0.2, 0.25) is 0 Å². The number of rotatable bonds is 3. The highest BCUT2D eigenvalue weighted by Gasteiger charge is 2.31. The van der Waals surface area contributed by atoms with E-state index in [1.165, 1.54) is 19.3 Å². The van der Waals surface area contributed by atoms with Gasteiger partial charge in [-0.25, -0.2) is 4.98 Å². The fourth-order valence-corrected chi connectivity index (χ4v) is 2.55. The van der Waals surface area contributed by atoms with E-state index in [2.05, 4.69) is 29.1 Å². The minimum atomic E-state index is 0.603. The van der Waals surface area contributed by atoms with Gasteiger partial charge in [0.1, 0.15) is 0 Å². The number of aromatic amines is 1. The SMILES string of the molecule is CCC1CCC(Nc2ncc[nH]2)C1C. The van der Waals surface area contributed by atoms with Crippen molar-refractivity contribution in [2.45, 2.75) is 39.2 Å². The zero-order valence-electron chi connectivity index (χ0n) is 8.96. The number of H-pyrrole nitrogens is 1. The molecule has 0 aliphatic heterocycles. The Morgan fingerprint density at radius 3 is 3.00 bits per heavy atom. The Morgan fingerprint density at radius 1 is 1.57 bits per heavy atom. The van der Waals surface area contributed by atoms with Gasteiger partial charge in [-0.3, -0.25) is 0 Å². The van der Waals surface area contributed by atoms with E-state index in [0.29, 0.717) is 6.04 Å². The summed E-state index contributed by atoms with van der Waals surface area (Å²) in [6.45, 7) is 4.64. The lowest BCUT2D eigenvalue weighted by molar-refractivity contribution is 0.391. The van der Waals surface area contributed by atoms with Crippen molar-refractivity contribution < 1.29 is 0 Å². The third-order valence-electron chi connectivity index (χ3n) is 3.57. The molecule has 3 atom stereocenters. The number of hydrogen-bond acceptors (Lipinski definition) is 2. The summed E-state index contributed by atoms with van der Waals surface area (Å²) in [5, 5.41) is 3.47. The van der Waals surface area contributed by atoms with Crippen molar-refractivity contribution in [1.29, 1.82) is 0 Å². The lowest BCUT2D eigenvalue weighted by atomic mass is 9.94. The summed E-state index contributed by atoms with van der Waals surface area (Å²) in [6.07, 6.45) is 7.59. The summed E-state index contributed by atoms with van der Waals surface area (Å²) < 4.78 is 0. The first-order chi connectivity index (χ1) is 6.81. The van der Waals surface area contributed by atoms with E-state index in [4.69, 9.17) is 0 Å². The molecule has 1 aromatic rings. The zero-order chi connectivity index (χ0) is 9.97. The van der Waals surface area contributed by atoms with E-state index >= 15 is 0 Å². The standard InChI is InChI=1S/C11H19N3/c1-3-9-4-5-10(8(9)2)14-11-12-6-7-13-11/h6-10H,3-5H2,1-2H3,(H2,12,13,14). The molecule has 0 aromatic carbocycles. The Bertz CT molecular complexity index is 268. The maximum absolute atomic E-state index is 4.20. The molecular formula is C11H19N3. The van der Waals surface area contributed by atoms with Crippen LogP contribution in [0.5, 0.6) is 0 Å². The predicted octanol–water partition coefficient (Wildman–Crippen LogP) is 2.65. The van der Waals surface area contributed by atoms with Gasteiger partial charge in [0.2, 0.25) is 0 Å². The molecule has 3 heteroatoms. The molecule has 3 nitrogen and oxygen atoms in total. The lowest BCUT2D eigenvalue weighted by Gasteiger charge is -2.20. The first-order valence-electron chi connectivity index (χ1n) is 5.57. The fraction of sp³-hybridized carbons (Fsp3) is 0.727. The van der Waals surface area contributed by atoms with E-state index in [-0.39, 0.29) is 0 Å². The van der Waals surface area contributed by atoms with E-state index in [1.54, 1.807) is 6.20 Å². The molecule has 0 spiro atoms. The Balaban J connectivity index is 1.94. The van der Waals surface area contributed by atoms with Crippen LogP contribution in [0.3, 0.4) is 0 Å². The molecule has 1 aliphatic rings. The van der Waals surface area contributed by atoms with Crippen LogP contribution in [0, 0.1) is 11.8 Å². The lowest BCUT2D eigenvalue weighted by Crippen LogP contribution is -2.25. The van der Waals surface area contributed by atoms with E-state index in [1.807, 2.05) is 6.20 Å². The maximum Gasteiger partial charge on any atom is 0.200 e. The van der Waals surface area contributed by atoms with Crippen molar-refractivity contribution in [3.8, 4) is 0 Å². The molecule has 14 heavy (non-hydrogen) atoms. The topological polar surface area (TPSA) is 40.7 Å². The molecule has 0 bridgehead atoms. The molecule has 2 N–H and O–H groups in total. The molecule has 1 saturated carbocycles. The highest BCUT2D eigenvalue weighted by Crippen LogP contribution is 2.35. The second-order valence-corrected chi connectivity index (χ2v) is 4.29. The molecule has 0 amide bonds. The summed E-state index contributed by atoms with van der Waals surface area (Å²) in [5.74, 6) is 2.58. The summed E-state index contributed by atoms with van der Waals surface area (Å²) in [4.78, 5) is 7.29. The van der Waals surface area contributed by atoms with E-state index < -0.39 is 0 Å². The largest absolute Gasteiger partial charge is 0.353 e. The van der Waals surface area contributed by atoms with Crippen LogP contribution in [0.4, 0.5) is 5.95 Å². The van der Waals surface area contributed by atoms with E-state index in [9.17, 15) is 0 Å². The van der Waals surface area contributed by atoms with Gasteiger partial charge in [0.05, 0.1) is 0 Å². The molecule has 1 aromatic heterocycles. The number of nitrogens with one attached hydrogen (secondary N) is 2. The fourth-order valence-electron chi connectivity index (χ4n) is 2.55. The average Bonchev–Trinajstić information content (AvgIpc) is 2.79. The molecule has 78 valence electrons. The molecule has 1 aliphatic carbocycles. The van der Waals surface area contributed by atoms with Gasteiger partial charge < -0.3 is 10.3 Å². The quantitative estimate of drug-likeness (QED) is 0.774. The third kappa shape index (κ3) is 1.76. The summed E-state index contributed by atoms with van der Waals surface area (Å²) in [5.41, 5.74) is 0. The van der Waals surface area contributed by atoms with Crippen molar-refractivity contribution in [3.05, 3.63) is 12.4 Å². The Kier molecular flexibility index (Phi) is 2.75. The molecule has 2 rings (SSSR count). The van der Waals surface area contributed by atoms with Gasteiger partial charge in [-0.2, -0.15) is 0 Å².